The molecule has 0 unspecified atom stereocenters. The summed E-state index contributed by atoms with van der Waals surface area (Å²) in [6, 6.07) is 5.86. The van der Waals surface area contributed by atoms with Crippen molar-refractivity contribution in [3.63, 3.8) is 0 Å². The molecule has 3 aromatic rings. The van der Waals surface area contributed by atoms with Crippen molar-refractivity contribution < 1.29 is 4.79 Å². The smallest absolute Gasteiger partial charge is 0.263 e. The molecule has 0 saturated heterocycles. The lowest BCUT2D eigenvalue weighted by Crippen LogP contribution is -2.34. The Bertz CT molecular complexity index is 1210. The molecule has 6 nitrogen and oxygen atoms in total. The van der Waals surface area contributed by atoms with Crippen LogP contribution in [0.15, 0.2) is 23.0 Å². The minimum atomic E-state index is -0.207. The standard InChI is InChI=1S/C25H32N4O2S/c1-5-28(6-2)14-21-27-24-23(19-9-7-8-10-20(19)32-24)25(31)29(21)15-22(30)26-18-12-11-16(3)17(4)13-18/h11-13H,5-10,14-15H2,1-4H3,(H,26,30). The molecule has 0 saturated carbocycles. The minimum Gasteiger partial charge on any atom is -0.325 e. The summed E-state index contributed by atoms with van der Waals surface area (Å²) < 4.78 is 1.60. The number of nitrogens with zero attached hydrogens (tertiary/aromatic N) is 3. The molecule has 0 atom stereocenters. The first-order valence-corrected chi connectivity index (χ1v) is 12.4. The van der Waals surface area contributed by atoms with E-state index in [4.69, 9.17) is 4.98 Å². The zero-order valence-corrected chi connectivity index (χ0v) is 20.3. The van der Waals surface area contributed by atoms with Gasteiger partial charge in [0.15, 0.2) is 0 Å². The van der Waals surface area contributed by atoms with Crippen LogP contribution in [-0.4, -0.2) is 33.4 Å². The van der Waals surface area contributed by atoms with Gasteiger partial charge in [-0.2, -0.15) is 0 Å². The molecule has 0 radical (unpaired) electrons. The Morgan fingerprint density at radius 2 is 1.91 bits per heavy atom. The number of aryl methyl sites for hydroxylation is 4. The quantitative estimate of drug-likeness (QED) is 0.576. The third kappa shape index (κ3) is 4.50. The molecule has 0 aliphatic heterocycles. The molecule has 7 heteroatoms. The van der Waals surface area contributed by atoms with Crippen molar-refractivity contribution >= 4 is 33.1 Å². The highest BCUT2D eigenvalue weighted by molar-refractivity contribution is 7.18. The monoisotopic (exact) mass is 452 g/mol. The van der Waals surface area contributed by atoms with Crippen LogP contribution in [0.5, 0.6) is 0 Å². The van der Waals surface area contributed by atoms with Crippen LogP contribution >= 0.6 is 11.3 Å². The number of fused-ring (bicyclic) bond motifs is 3. The van der Waals surface area contributed by atoms with Crippen LogP contribution in [-0.2, 0) is 30.7 Å². The molecule has 1 N–H and O–H groups in total. The number of hydrogen-bond acceptors (Lipinski definition) is 5. The van der Waals surface area contributed by atoms with E-state index in [0.717, 1.165) is 59.4 Å². The van der Waals surface area contributed by atoms with Gasteiger partial charge in [-0.05, 0) is 81.4 Å². The maximum atomic E-state index is 13.7. The second-order valence-corrected chi connectivity index (χ2v) is 9.70. The fourth-order valence-electron chi connectivity index (χ4n) is 4.37. The Kier molecular flexibility index (Phi) is 6.76. The van der Waals surface area contributed by atoms with E-state index in [2.05, 4.69) is 24.1 Å². The molecule has 1 aliphatic rings. The Morgan fingerprint density at radius 3 is 2.62 bits per heavy atom. The van der Waals surface area contributed by atoms with E-state index in [9.17, 15) is 9.59 Å². The van der Waals surface area contributed by atoms with Gasteiger partial charge in [-0.15, -0.1) is 11.3 Å². The summed E-state index contributed by atoms with van der Waals surface area (Å²) in [6.07, 6.45) is 4.22. The lowest BCUT2D eigenvalue weighted by atomic mass is 9.97. The molecule has 1 amide bonds. The number of carbonyl (C=O) groups is 1. The van der Waals surface area contributed by atoms with Gasteiger partial charge in [0, 0.05) is 10.6 Å². The van der Waals surface area contributed by atoms with Gasteiger partial charge in [0.05, 0.1) is 11.9 Å². The summed E-state index contributed by atoms with van der Waals surface area (Å²) in [7, 11) is 0. The van der Waals surface area contributed by atoms with Crippen molar-refractivity contribution in [3.8, 4) is 0 Å². The van der Waals surface area contributed by atoms with Crippen molar-refractivity contribution in [3.05, 3.63) is 55.9 Å². The van der Waals surface area contributed by atoms with E-state index in [1.54, 1.807) is 15.9 Å². The van der Waals surface area contributed by atoms with E-state index in [-0.39, 0.29) is 18.0 Å². The van der Waals surface area contributed by atoms with Gasteiger partial charge < -0.3 is 5.32 Å². The topological polar surface area (TPSA) is 67.2 Å². The first-order chi connectivity index (χ1) is 15.4. The van der Waals surface area contributed by atoms with E-state index in [1.165, 1.54) is 16.9 Å². The summed E-state index contributed by atoms with van der Waals surface area (Å²) in [4.78, 5) is 35.9. The van der Waals surface area contributed by atoms with Gasteiger partial charge in [-0.25, -0.2) is 4.98 Å². The van der Waals surface area contributed by atoms with Gasteiger partial charge in [0.25, 0.3) is 5.56 Å². The molecule has 1 aliphatic carbocycles. The van der Waals surface area contributed by atoms with E-state index in [0.29, 0.717) is 12.4 Å². The summed E-state index contributed by atoms with van der Waals surface area (Å²) >= 11 is 1.66. The highest BCUT2D eigenvalue weighted by Crippen LogP contribution is 2.33. The SMILES string of the molecule is CCN(CC)Cc1nc2sc3c(c2c(=O)n1CC(=O)Nc1ccc(C)c(C)c1)CCCC3. The molecular weight excluding hydrogens is 420 g/mol. The molecule has 2 aromatic heterocycles. The number of benzene rings is 1. The largest absolute Gasteiger partial charge is 0.325 e. The van der Waals surface area contributed by atoms with Crippen molar-refractivity contribution in [2.45, 2.75) is 66.5 Å². The minimum absolute atomic E-state index is 0.0318. The average molecular weight is 453 g/mol. The first kappa shape index (κ1) is 22.7. The Balaban J connectivity index is 1.72. The van der Waals surface area contributed by atoms with Gasteiger partial charge in [-0.1, -0.05) is 19.9 Å². The fraction of sp³-hybridized carbons (Fsp3) is 0.480. The summed E-state index contributed by atoms with van der Waals surface area (Å²) in [5, 5.41) is 3.69. The third-order valence-electron chi connectivity index (χ3n) is 6.51. The molecule has 170 valence electrons. The van der Waals surface area contributed by atoms with Crippen LogP contribution in [0.1, 0.15) is 54.1 Å². The number of rotatable bonds is 7. The highest BCUT2D eigenvalue weighted by Gasteiger charge is 2.23. The summed E-state index contributed by atoms with van der Waals surface area (Å²) in [5.41, 5.74) is 4.13. The zero-order valence-electron chi connectivity index (χ0n) is 19.5. The number of anilines is 1. The Hall–Kier alpha value is -2.51. The van der Waals surface area contributed by atoms with Gasteiger partial charge in [0.2, 0.25) is 5.91 Å². The molecule has 0 fully saturated rings. The van der Waals surface area contributed by atoms with Crippen LogP contribution in [0, 0.1) is 13.8 Å². The van der Waals surface area contributed by atoms with Crippen LogP contribution in [0.2, 0.25) is 0 Å². The van der Waals surface area contributed by atoms with Crippen LogP contribution in [0.25, 0.3) is 10.2 Å². The van der Waals surface area contributed by atoms with Gasteiger partial charge in [0.1, 0.15) is 17.2 Å². The van der Waals surface area contributed by atoms with Crippen molar-refractivity contribution in [1.82, 2.24) is 14.5 Å². The van der Waals surface area contributed by atoms with Crippen molar-refractivity contribution in [1.29, 1.82) is 0 Å². The molecule has 0 bridgehead atoms. The number of thiophene rings is 1. The molecular formula is C25H32N4O2S. The lowest BCUT2D eigenvalue weighted by molar-refractivity contribution is -0.116. The lowest BCUT2D eigenvalue weighted by Gasteiger charge is -2.20. The second kappa shape index (κ2) is 9.55. The van der Waals surface area contributed by atoms with Crippen LogP contribution in [0.4, 0.5) is 5.69 Å². The van der Waals surface area contributed by atoms with Crippen LogP contribution in [0.3, 0.4) is 0 Å². The average Bonchev–Trinajstić information content (AvgIpc) is 3.15. The number of carbonyl (C=O) groups excluding carboxylic acids is 1. The number of amides is 1. The fourth-order valence-corrected chi connectivity index (χ4v) is 5.65. The van der Waals surface area contributed by atoms with Gasteiger partial charge in [-0.3, -0.25) is 19.1 Å². The van der Waals surface area contributed by atoms with Crippen LogP contribution < -0.4 is 10.9 Å². The maximum absolute atomic E-state index is 13.7. The number of hydrogen-bond donors (Lipinski definition) is 1. The zero-order chi connectivity index (χ0) is 22.8. The predicted octanol–water partition coefficient (Wildman–Crippen LogP) is 4.43. The molecule has 1 aromatic carbocycles. The normalized spacial score (nSPS) is 13.5. The van der Waals surface area contributed by atoms with Gasteiger partial charge >= 0.3 is 0 Å². The molecule has 0 spiro atoms. The van der Waals surface area contributed by atoms with E-state index >= 15 is 0 Å². The molecule has 4 rings (SSSR count). The molecule has 32 heavy (non-hydrogen) atoms. The Morgan fingerprint density at radius 1 is 1.16 bits per heavy atom. The third-order valence-corrected chi connectivity index (χ3v) is 7.69. The number of nitrogens with one attached hydrogen (secondary N) is 1. The van der Waals surface area contributed by atoms with Crippen molar-refractivity contribution in [2.24, 2.45) is 0 Å². The first-order valence-electron chi connectivity index (χ1n) is 11.5. The molecule has 2 heterocycles. The predicted molar refractivity (Wildman–Crippen MR) is 132 cm³/mol. The number of aromatic nitrogens is 2. The highest BCUT2D eigenvalue weighted by atomic mass is 32.1. The maximum Gasteiger partial charge on any atom is 0.263 e. The summed E-state index contributed by atoms with van der Waals surface area (Å²) in [5.74, 6) is 0.460. The summed E-state index contributed by atoms with van der Waals surface area (Å²) in [6.45, 7) is 10.5. The second-order valence-electron chi connectivity index (χ2n) is 8.62. The Labute approximate surface area is 193 Å². The van der Waals surface area contributed by atoms with E-state index < -0.39 is 0 Å². The van der Waals surface area contributed by atoms with E-state index in [1.807, 2.05) is 32.0 Å². The van der Waals surface area contributed by atoms with Crippen molar-refractivity contribution in [2.75, 3.05) is 18.4 Å².